The average Bonchev–Trinajstić information content (AvgIpc) is 2.96. The molecule has 2 aromatic rings. The van der Waals surface area contributed by atoms with Gasteiger partial charge in [-0.3, -0.25) is 14.5 Å². The second-order valence-electron chi connectivity index (χ2n) is 8.32. The molecule has 3 rings (SSSR count). The monoisotopic (exact) mass is 436 g/mol. The van der Waals surface area contributed by atoms with Gasteiger partial charge in [0.25, 0.3) is 11.8 Å². The Bertz CT molecular complexity index is 1060. The summed E-state index contributed by atoms with van der Waals surface area (Å²) in [6, 6.07) is 11.2. The molecule has 0 saturated carbocycles. The molecule has 2 aromatic carbocycles. The molecule has 0 aromatic heterocycles. The van der Waals surface area contributed by atoms with Crippen LogP contribution >= 0.6 is 0 Å². The molecule has 1 aliphatic heterocycles. The van der Waals surface area contributed by atoms with Crippen LogP contribution in [0.4, 0.5) is 5.69 Å². The minimum Gasteiger partial charge on any atom is -0.490 e. The van der Waals surface area contributed by atoms with E-state index in [4.69, 9.17) is 9.47 Å². The van der Waals surface area contributed by atoms with Crippen LogP contribution in [0.15, 0.2) is 42.1 Å². The Morgan fingerprint density at radius 2 is 1.56 bits per heavy atom. The van der Waals surface area contributed by atoms with Crippen molar-refractivity contribution in [1.29, 1.82) is 0 Å². The van der Waals surface area contributed by atoms with Crippen LogP contribution in [-0.4, -0.2) is 36.5 Å². The fraction of sp³-hybridized carbons (Fsp3) is 0.385. The predicted molar refractivity (Wildman–Crippen MR) is 127 cm³/mol. The summed E-state index contributed by atoms with van der Waals surface area (Å²) < 4.78 is 11.3. The van der Waals surface area contributed by atoms with Crippen LogP contribution in [0.1, 0.15) is 44.4 Å². The Hall–Kier alpha value is -3.28. The fourth-order valence-corrected chi connectivity index (χ4v) is 3.66. The highest BCUT2D eigenvalue weighted by Gasteiger charge is 2.39. The minimum absolute atomic E-state index is 0.165. The molecule has 0 aliphatic carbocycles. The number of anilines is 1. The number of carbonyl (C=O) groups excluding carboxylic acids is 2. The van der Waals surface area contributed by atoms with Crippen LogP contribution < -0.4 is 14.8 Å². The van der Waals surface area contributed by atoms with Crippen molar-refractivity contribution in [2.75, 3.05) is 25.1 Å². The maximum atomic E-state index is 13.3. The summed E-state index contributed by atoms with van der Waals surface area (Å²) in [4.78, 5) is 27.9. The standard InChI is InChI=1S/C26H32N2O4/c1-7-31-21-12-11-20(14-22(21)32-8-2)27-24-23(19-10-9-17(5)18(6)13-19)25(29)28(26(24)30)15-16(3)4/h9-14,16,27H,7-8,15H2,1-6H3. The van der Waals surface area contributed by atoms with E-state index in [1.807, 2.05) is 65.8 Å². The Morgan fingerprint density at radius 3 is 2.19 bits per heavy atom. The number of imide groups is 1. The van der Waals surface area contributed by atoms with Gasteiger partial charge in [-0.05, 0) is 62.4 Å². The molecule has 1 heterocycles. The van der Waals surface area contributed by atoms with Crippen molar-refractivity contribution in [3.8, 4) is 11.5 Å². The van der Waals surface area contributed by atoms with Crippen LogP contribution in [0.25, 0.3) is 5.57 Å². The van der Waals surface area contributed by atoms with Gasteiger partial charge >= 0.3 is 0 Å². The first-order valence-corrected chi connectivity index (χ1v) is 11.1. The second kappa shape index (κ2) is 9.90. The fourth-order valence-electron chi connectivity index (χ4n) is 3.66. The van der Waals surface area contributed by atoms with Gasteiger partial charge in [0.15, 0.2) is 11.5 Å². The lowest BCUT2D eigenvalue weighted by molar-refractivity contribution is -0.137. The molecule has 0 spiro atoms. The lowest BCUT2D eigenvalue weighted by Crippen LogP contribution is -2.35. The number of carbonyl (C=O) groups is 2. The zero-order chi connectivity index (χ0) is 23.4. The van der Waals surface area contributed by atoms with E-state index in [0.717, 1.165) is 16.7 Å². The van der Waals surface area contributed by atoms with E-state index >= 15 is 0 Å². The lowest BCUT2D eigenvalue weighted by atomic mass is 9.99. The molecule has 0 unspecified atom stereocenters. The van der Waals surface area contributed by atoms with Crippen molar-refractivity contribution in [2.24, 2.45) is 5.92 Å². The Balaban J connectivity index is 2.07. The molecule has 0 atom stereocenters. The van der Waals surface area contributed by atoms with Crippen molar-refractivity contribution >= 4 is 23.1 Å². The van der Waals surface area contributed by atoms with Crippen LogP contribution in [0.2, 0.25) is 0 Å². The number of aryl methyl sites for hydroxylation is 2. The number of rotatable bonds is 9. The molecule has 1 N–H and O–H groups in total. The van der Waals surface area contributed by atoms with Gasteiger partial charge in [-0.25, -0.2) is 0 Å². The highest BCUT2D eigenvalue weighted by atomic mass is 16.5. The lowest BCUT2D eigenvalue weighted by Gasteiger charge is -2.17. The molecule has 1 aliphatic rings. The molecule has 0 bridgehead atoms. The van der Waals surface area contributed by atoms with E-state index in [2.05, 4.69) is 5.32 Å². The third-order valence-electron chi connectivity index (χ3n) is 5.32. The van der Waals surface area contributed by atoms with Crippen LogP contribution in [-0.2, 0) is 9.59 Å². The third-order valence-corrected chi connectivity index (χ3v) is 5.32. The average molecular weight is 437 g/mol. The summed E-state index contributed by atoms with van der Waals surface area (Å²) in [6.07, 6.45) is 0. The van der Waals surface area contributed by atoms with Gasteiger partial charge in [0, 0.05) is 18.3 Å². The zero-order valence-corrected chi connectivity index (χ0v) is 19.7. The summed E-state index contributed by atoms with van der Waals surface area (Å²) in [5, 5.41) is 3.21. The van der Waals surface area contributed by atoms with E-state index in [1.165, 1.54) is 4.90 Å². The molecule has 0 fully saturated rings. The van der Waals surface area contributed by atoms with E-state index in [9.17, 15) is 9.59 Å². The van der Waals surface area contributed by atoms with Gasteiger partial charge in [0.1, 0.15) is 5.70 Å². The summed E-state index contributed by atoms with van der Waals surface area (Å²) in [7, 11) is 0. The van der Waals surface area contributed by atoms with Gasteiger partial charge in [-0.1, -0.05) is 32.0 Å². The second-order valence-corrected chi connectivity index (χ2v) is 8.32. The third kappa shape index (κ3) is 4.79. The topological polar surface area (TPSA) is 67.9 Å². The summed E-state index contributed by atoms with van der Waals surface area (Å²) in [5.74, 6) is 0.800. The number of hydrogen-bond acceptors (Lipinski definition) is 5. The highest BCUT2D eigenvalue weighted by Crippen LogP contribution is 2.35. The van der Waals surface area contributed by atoms with Crippen molar-refractivity contribution in [3.63, 3.8) is 0 Å². The molecule has 170 valence electrons. The molecule has 6 nitrogen and oxygen atoms in total. The van der Waals surface area contributed by atoms with Gasteiger partial charge in [0.05, 0.1) is 18.8 Å². The quantitative estimate of drug-likeness (QED) is 0.564. The molecular formula is C26H32N2O4. The maximum Gasteiger partial charge on any atom is 0.278 e. The summed E-state index contributed by atoms with van der Waals surface area (Å²) in [5.41, 5.74) is 4.26. The maximum absolute atomic E-state index is 13.3. The van der Waals surface area contributed by atoms with Crippen LogP contribution in [0.3, 0.4) is 0 Å². The number of ether oxygens (including phenoxy) is 2. The van der Waals surface area contributed by atoms with Crippen molar-refractivity contribution < 1.29 is 19.1 Å². The first-order valence-electron chi connectivity index (χ1n) is 11.1. The normalized spacial score (nSPS) is 13.9. The molecule has 0 radical (unpaired) electrons. The first kappa shape index (κ1) is 23.4. The van der Waals surface area contributed by atoms with Crippen LogP contribution in [0, 0.1) is 19.8 Å². The summed E-state index contributed by atoms with van der Waals surface area (Å²) >= 11 is 0. The SMILES string of the molecule is CCOc1ccc(NC2=C(c3ccc(C)c(C)c3)C(=O)N(CC(C)C)C2=O)cc1OCC. The van der Waals surface area contributed by atoms with Crippen LogP contribution in [0.5, 0.6) is 11.5 Å². The number of benzene rings is 2. The van der Waals surface area contributed by atoms with Crippen molar-refractivity contribution in [2.45, 2.75) is 41.5 Å². The smallest absolute Gasteiger partial charge is 0.278 e. The Morgan fingerprint density at radius 1 is 0.875 bits per heavy atom. The highest BCUT2D eigenvalue weighted by molar-refractivity contribution is 6.36. The zero-order valence-electron chi connectivity index (χ0n) is 19.7. The number of amides is 2. The predicted octanol–water partition coefficient (Wildman–Crippen LogP) is 4.95. The number of hydrogen-bond donors (Lipinski definition) is 1. The van der Waals surface area contributed by atoms with E-state index < -0.39 is 0 Å². The molecule has 2 amide bonds. The molecule has 32 heavy (non-hydrogen) atoms. The van der Waals surface area contributed by atoms with Crippen molar-refractivity contribution in [3.05, 3.63) is 58.8 Å². The minimum atomic E-state index is -0.316. The van der Waals surface area contributed by atoms with Gasteiger partial charge in [-0.2, -0.15) is 0 Å². The molecular weight excluding hydrogens is 404 g/mol. The largest absolute Gasteiger partial charge is 0.490 e. The molecule has 0 saturated heterocycles. The van der Waals surface area contributed by atoms with E-state index in [0.29, 0.717) is 42.5 Å². The van der Waals surface area contributed by atoms with Gasteiger partial charge in [0.2, 0.25) is 0 Å². The Kier molecular flexibility index (Phi) is 7.23. The van der Waals surface area contributed by atoms with Crippen molar-refractivity contribution in [1.82, 2.24) is 4.90 Å². The van der Waals surface area contributed by atoms with E-state index in [1.54, 1.807) is 12.1 Å². The number of nitrogens with zero attached hydrogens (tertiary/aromatic N) is 1. The Labute approximate surface area is 190 Å². The molecule has 6 heteroatoms. The van der Waals surface area contributed by atoms with E-state index in [-0.39, 0.29) is 23.4 Å². The summed E-state index contributed by atoms with van der Waals surface area (Å²) in [6.45, 7) is 13.2. The van der Waals surface area contributed by atoms with Gasteiger partial charge in [-0.15, -0.1) is 0 Å². The first-order chi connectivity index (χ1) is 15.3. The van der Waals surface area contributed by atoms with Gasteiger partial charge < -0.3 is 14.8 Å². The number of nitrogens with one attached hydrogen (secondary N) is 1.